The van der Waals surface area contributed by atoms with Crippen LogP contribution in [0.1, 0.15) is 39.0 Å². The van der Waals surface area contributed by atoms with Crippen molar-refractivity contribution in [3.63, 3.8) is 0 Å². The molecule has 2 unspecified atom stereocenters. The molecule has 2 fully saturated rings. The quantitative estimate of drug-likeness (QED) is 0.227. The minimum Gasteiger partial charge on any atom is -0.497 e. The molecule has 0 aliphatic heterocycles. The molecule has 3 aromatic rings. The second-order valence-electron chi connectivity index (χ2n) is 9.48. The van der Waals surface area contributed by atoms with Crippen LogP contribution in [-0.2, 0) is 19.1 Å². The number of methoxy groups -OCH3 is 1. The van der Waals surface area contributed by atoms with Gasteiger partial charge in [0.15, 0.2) is 0 Å². The fourth-order valence-corrected chi connectivity index (χ4v) is 4.75. The third-order valence-corrected chi connectivity index (χ3v) is 6.97. The second-order valence-corrected chi connectivity index (χ2v) is 9.48. The number of nitrogens with zero attached hydrogens (tertiary/aromatic N) is 1. The monoisotopic (exact) mass is 549 g/mol. The molecule has 2 aliphatic carbocycles. The number of carboxylic acid groups (broad SMARTS) is 1. The summed E-state index contributed by atoms with van der Waals surface area (Å²) in [6.45, 7) is 5.57. The highest BCUT2D eigenvalue weighted by molar-refractivity contribution is 5.92. The van der Waals surface area contributed by atoms with Gasteiger partial charge in [-0.3, -0.25) is 14.4 Å². The number of fused-ring (bicyclic) bond motifs is 1. The molecule has 2 saturated carbocycles. The number of H-pyrrole nitrogens is 1. The van der Waals surface area contributed by atoms with Crippen LogP contribution in [0.3, 0.4) is 0 Å². The van der Waals surface area contributed by atoms with Gasteiger partial charge in [-0.1, -0.05) is 49.2 Å². The third-order valence-electron chi connectivity index (χ3n) is 6.97. The summed E-state index contributed by atoms with van der Waals surface area (Å²) in [4.78, 5) is 51.8. The van der Waals surface area contributed by atoms with Crippen LogP contribution in [0.2, 0.25) is 0 Å². The molecule has 40 heavy (non-hydrogen) atoms. The molecule has 0 radical (unpaired) electrons. The van der Waals surface area contributed by atoms with E-state index in [0.717, 1.165) is 31.2 Å². The van der Waals surface area contributed by atoms with Crippen molar-refractivity contribution in [2.75, 3.05) is 13.7 Å². The predicted molar refractivity (Wildman–Crippen MR) is 151 cm³/mol. The maximum atomic E-state index is 12.1. The summed E-state index contributed by atoms with van der Waals surface area (Å²) < 4.78 is 10.2. The number of benzene rings is 2. The second kappa shape index (κ2) is 14.1. The van der Waals surface area contributed by atoms with E-state index < -0.39 is 5.54 Å². The lowest BCUT2D eigenvalue weighted by molar-refractivity contribution is -0.149. The topological polar surface area (TPSA) is 148 Å². The van der Waals surface area contributed by atoms with Crippen molar-refractivity contribution in [1.29, 1.82) is 0 Å². The predicted octanol–water partition coefficient (Wildman–Crippen LogP) is 4.10. The first-order valence-corrected chi connectivity index (χ1v) is 13.2. The van der Waals surface area contributed by atoms with E-state index in [4.69, 9.17) is 19.4 Å². The number of ether oxygens (including phenoxy) is 2. The fourth-order valence-electron chi connectivity index (χ4n) is 4.75. The Morgan fingerprint density at radius 1 is 1.20 bits per heavy atom. The molecule has 2 atom stereocenters. The molecule has 5 rings (SSSR count). The normalized spacial score (nSPS) is 19.2. The van der Waals surface area contributed by atoms with Gasteiger partial charge in [0.1, 0.15) is 17.1 Å². The summed E-state index contributed by atoms with van der Waals surface area (Å²) in [5.41, 5.74) is 0.537. The summed E-state index contributed by atoms with van der Waals surface area (Å²) in [5, 5.41) is 10.4. The van der Waals surface area contributed by atoms with E-state index in [1.54, 1.807) is 38.3 Å². The first kappa shape index (κ1) is 30.1. The number of esters is 1. The summed E-state index contributed by atoms with van der Waals surface area (Å²) in [5.74, 6) is 1.02. The molecule has 0 saturated heterocycles. The lowest BCUT2D eigenvalue weighted by atomic mass is 10.1. The van der Waals surface area contributed by atoms with Crippen LogP contribution < -0.4 is 15.6 Å². The lowest BCUT2D eigenvalue weighted by Gasteiger charge is -2.19. The summed E-state index contributed by atoms with van der Waals surface area (Å²) >= 11 is 0. The summed E-state index contributed by atoms with van der Waals surface area (Å²) in [6, 6.07) is 14.8. The van der Waals surface area contributed by atoms with Crippen molar-refractivity contribution in [2.45, 2.75) is 44.6 Å². The number of rotatable bonds is 7. The third kappa shape index (κ3) is 7.13. The van der Waals surface area contributed by atoms with Gasteiger partial charge in [-0.25, -0.2) is 9.78 Å². The maximum absolute atomic E-state index is 12.1. The van der Waals surface area contributed by atoms with Gasteiger partial charge < -0.3 is 24.9 Å². The molecular weight excluding hydrogens is 514 g/mol. The molecule has 2 aromatic carbocycles. The number of nitrogens with one attached hydrogen (secondary N) is 2. The Morgan fingerprint density at radius 2 is 1.88 bits per heavy atom. The van der Waals surface area contributed by atoms with Crippen molar-refractivity contribution >= 4 is 29.3 Å². The van der Waals surface area contributed by atoms with Crippen molar-refractivity contribution in [2.24, 2.45) is 11.8 Å². The highest BCUT2D eigenvalue weighted by Crippen LogP contribution is 2.46. The maximum Gasteiger partial charge on any atom is 0.332 e. The highest BCUT2D eigenvalue weighted by Gasteiger charge is 2.61. The van der Waals surface area contributed by atoms with Gasteiger partial charge in [-0.15, -0.1) is 6.58 Å². The fraction of sp³-hybridized carbons (Fsp3) is 0.367. The zero-order valence-corrected chi connectivity index (χ0v) is 22.7. The Hall–Kier alpha value is -4.47. The number of carbonyl (C=O) groups is 3. The number of hydrogen-bond donors (Lipinski definition) is 3. The van der Waals surface area contributed by atoms with Gasteiger partial charge in [-0.2, -0.15) is 0 Å². The Morgan fingerprint density at radius 3 is 2.45 bits per heavy atom. The van der Waals surface area contributed by atoms with Crippen LogP contribution in [0.15, 0.2) is 66.0 Å². The van der Waals surface area contributed by atoms with Gasteiger partial charge in [0.25, 0.3) is 12.0 Å². The van der Waals surface area contributed by atoms with Crippen LogP contribution in [-0.4, -0.2) is 52.7 Å². The Bertz CT molecular complexity index is 1380. The minimum atomic E-state index is -0.822. The molecule has 1 amide bonds. The van der Waals surface area contributed by atoms with Gasteiger partial charge in [0.05, 0.1) is 24.6 Å². The molecule has 212 valence electrons. The number of hydrogen-bond acceptors (Lipinski definition) is 7. The van der Waals surface area contributed by atoms with Crippen LogP contribution in [0.4, 0.5) is 0 Å². The van der Waals surface area contributed by atoms with Gasteiger partial charge in [0, 0.05) is 23.5 Å². The first-order valence-electron chi connectivity index (χ1n) is 13.2. The van der Waals surface area contributed by atoms with Crippen molar-refractivity contribution in [3.8, 4) is 17.1 Å². The van der Waals surface area contributed by atoms with Gasteiger partial charge in [0.2, 0.25) is 5.91 Å². The molecule has 0 bridgehead atoms. The molecule has 0 spiro atoms. The molecule has 1 aromatic heterocycles. The zero-order valence-electron chi connectivity index (χ0n) is 22.7. The lowest BCUT2D eigenvalue weighted by Crippen LogP contribution is -2.47. The smallest absolute Gasteiger partial charge is 0.332 e. The number of amides is 1. The van der Waals surface area contributed by atoms with Crippen LogP contribution in [0, 0.1) is 11.8 Å². The standard InChI is InChI=1S/C15H12N2O2.C14H21NO3.CH2O2/c1-19-11-7-8-12-13(9-11)16-14(17-15(12)18)10-5-3-2-4-6-10;1-3-11-9-14(11,13(17)18-4-2)15-12(16)10-7-5-6-8-10;2-1-3/h2-9H,1H3,(H,16,17,18);3,10-11H,1,4-9H2,2H3,(H,15,16);1H,(H,2,3). The molecule has 3 N–H and O–H groups in total. The number of carbonyl (C=O) groups excluding carboxylic acids is 2. The SMILES string of the molecule is C=CC1CC1(NC(=O)C1CCCC1)C(=O)OCC.COc1ccc2c(=O)[nH]c(-c3ccccc3)nc2c1.O=CO. The van der Waals surface area contributed by atoms with Crippen molar-refractivity contribution < 1.29 is 29.0 Å². The number of aromatic amines is 1. The van der Waals surface area contributed by atoms with E-state index in [0.29, 0.717) is 35.5 Å². The minimum absolute atomic E-state index is 0.00454. The molecule has 1 heterocycles. The van der Waals surface area contributed by atoms with E-state index in [1.165, 1.54) is 0 Å². The summed E-state index contributed by atoms with van der Waals surface area (Å²) in [6.07, 6.45) is 6.43. The van der Waals surface area contributed by atoms with E-state index in [1.807, 2.05) is 30.3 Å². The molecule has 2 aliphatic rings. The Labute approximate surface area is 232 Å². The van der Waals surface area contributed by atoms with E-state index in [2.05, 4.69) is 21.9 Å². The van der Waals surface area contributed by atoms with Crippen LogP contribution >= 0.6 is 0 Å². The van der Waals surface area contributed by atoms with Crippen molar-refractivity contribution in [1.82, 2.24) is 15.3 Å². The average molecular weight is 550 g/mol. The average Bonchev–Trinajstić information content (AvgIpc) is 3.40. The summed E-state index contributed by atoms with van der Waals surface area (Å²) in [7, 11) is 1.59. The molecule has 10 nitrogen and oxygen atoms in total. The first-order chi connectivity index (χ1) is 19.3. The number of aromatic nitrogens is 2. The van der Waals surface area contributed by atoms with Crippen molar-refractivity contribution in [3.05, 3.63) is 71.5 Å². The molecular formula is C30H35N3O7. The van der Waals surface area contributed by atoms with Gasteiger partial charge in [-0.05, 0) is 38.3 Å². The van der Waals surface area contributed by atoms with Crippen LogP contribution in [0.5, 0.6) is 5.75 Å². The van der Waals surface area contributed by atoms with Gasteiger partial charge >= 0.3 is 5.97 Å². The Balaban J connectivity index is 0.000000201. The zero-order chi connectivity index (χ0) is 29.1. The van der Waals surface area contributed by atoms with E-state index >= 15 is 0 Å². The largest absolute Gasteiger partial charge is 0.497 e. The Kier molecular flexibility index (Phi) is 10.6. The van der Waals surface area contributed by atoms with E-state index in [-0.39, 0.29) is 35.7 Å². The highest BCUT2D eigenvalue weighted by atomic mass is 16.5. The van der Waals surface area contributed by atoms with E-state index in [9.17, 15) is 14.4 Å². The molecule has 10 heteroatoms. The van der Waals surface area contributed by atoms with Crippen LogP contribution in [0.25, 0.3) is 22.3 Å².